The van der Waals surface area contributed by atoms with E-state index in [-0.39, 0.29) is 11.9 Å². The van der Waals surface area contributed by atoms with Crippen molar-refractivity contribution in [3.8, 4) is 17.2 Å². The van der Waals surface area contributed by atoms with Crippen molar-refractivity contribution in [3.63, 3.8) is 0 Å². The highest BCUT2D eigenvalue weighted by atomic mass is 19.1. The fourth-order valence-corrected chi connectivity index (χ4v) is 4.68. The monoisotopic (exact) mass is 456 g/mol. The largest absolute Gasteiger partial charge is 0.497 e. The Morgan fingerprint density at radius 3 is 2.62 bits per heavy atom. The van der Waals surface area contributed by atoms with Gasteiger partial charge in [0.05, 0.1) is 19.9 Å². The van der Waals surface area contributed by atoms with Crippen LogP contribution in [0.2, 0.25) is 0 Å². The first kappa shape index (κ1) is 20.3. The topological polar surface area (TPSA) is 70.4 Å². The zero-order valence-corrected chi connectivity index (χ0v) is 18.5. The maximum atomic E-state index is 13.8. The van der Waals surface area contributed by atoms with Gasteiger partial charge < -0.3 is 19.5 Å². The van der Waals surface area contributed by atoms with Crippen molar-refractivity contribution in [1.29, 1.82) is 0 Å². The number of hydrogen-bond acceptors (Lipinski definition) is 6. The molecule has 0 amide bonds. The Morgan fingerprint density at radius 2 is 1.82 bits per heavy atom. The second-order valence-electron chi connectivity index (χ2n) is 8.04. The van der Waals surface area contributed by atoms with Gasteiger partial charge in [-0.05, 0) is 42.0 Å². The maximum Gasteiger partial charge on any atom is 0.226 e. The molecule has 0 spiro atoms. The van der Waals surface area contributed by atoms with Crippen LogP contribution in [-0.2, 0) is 0 Å². The standard InChI is InChI=1S/C26H21FN4O3/c1-32-17-11-12-19(21(13-17)33-2)25-22-23(18-5-3-4-6-20(18)34-25)30-26-28-14-29-31(26)24(22)15-7-9-16(27)10-8-15/h3-14,24-25H,1-2H3,(H,28,29,30)/t24-,25-/m1/s1. The summed E-state index contributed by atoms with van der Waals surface area (Å²) in [5, 5.41) is 7.95. The van der Waals surface area contributed by atoms with Gasteiger partial charge in [0, 0.05) is 22.8 Å². The molecule has 34 heavy (non-hydrogen) atoms. The van der Waals surface area contributed by atoms with Gasteiger partial charge in [-0.1, -0.05) is 24.3 Å². The lowest BCUT2D eigenvalue weighted by atomic mass is 9.84. The number of fused-ring (bicyclic) bond motifs is 3. The summed E-state index contributed by atoms with van der Waals surface area (Å²) in [5.74, 6) is 2.36. The molecule has 0 radical (unpaired) electrons. The molecule has 170 valence electrons. The molecular formula is C26H21FN4O3. The van der Waals surface area contributed by atoms with Crippen molar-refractivity contribution < 1.29 is 18.6 Å². The first-order valence-corrected chi connectivity index (χ1v) is 10.8. The summed E-state index contributed by atoms with van der Waals surface area (Å²) in [4.78, 5) is 4.42. The Hall–Kier alpha value is -4.33. The zero-order chi connectivity index (χ0) is 23.2. The van der Waals surface area contributed by atoms with Crippen LogP contribution < -0.4 is 19.5 Å². The molecule has 0 fully saturated rings. The Morgan fingerprint density at radius 1 is 1.00 bits per heavy atom. The number of para-hydroxylation sites is 1. The van der Waals surface area contributed by atoms with Crippen LogP contribution in [0, 0.1) is 5.82 Å². The summed E-state index contributed by atoms with van der Waals surface area (Å²) in [7, 11) is 3.24. The number of methoxy groups -OCH3 is 2. The SMILES string of the molecule is COc1ccc([C@H]2Oc3ccccc3C3=C2[C@@H](c2ccc(F)cc2)n2ncnc2N3)c(OC)c1. The Balaban J connectivity index is 1.62. The minimum Gasteiger partial charge on any atom is -0.497 e. The van der Waals surface area contributed by atoms with Crippen molar-refractivity contribution in [3.05, 3.63) is 101 Å². The van der Waals surface area contributed by atoms with Gasteiger partial charge in [0.2, 0.25) is 5.95 Å². The van der Waals surface area contributed by atoms with Crippen molar-refractivity contribution in [1.82, 2.24) is 14.8 Å². The molecule has 8 heteroatoms. The predicted molar refractivity (Wildman–Crippen MR) is 124 cm³/mol. The van der Waals surface area contributed by atoms with Gasteiger partial charge in [-0.25, -0.2) is 9.07 Å². The first-order valence-electron chi connectivity index (χ1n) is 10.8. The molecule has 0 bridgehead atoms. The van der Waals surface area contributed by atoms with Gasteiger partial charge in [0.15, 0.2) is 6.10 Å². The molecule has 2 aliphatic heterocycles. The minimum absolute atomic E-state index is 0.302. The lowest BCUT2D eigenvalue weighted by Gasteiger charge is -2.39. The molecule has 0 unspecified atom stereocenters. The van der Waals surface area contributed by atoms with E-state index >= 15 is 0 Å². The van der Waals surface area contributed by atoms with E-state index in [1.807, 2.05) is 42.5 Å². The van der Waals surface area contributed by atoms with Crippen LogP contribution in [0.3, 0.4) is 0 Å². The summed E-state index contributed by atoms with van der Waals surface area (Å²) in [6.45, 7) is 0. The third-order valence-corrected chi connectivity index (χ3v) is 6.23. The second-order valence-corrected chi connectivity index (χ2v) is 8.04. The van der Waals surface area contributed by atoms with Crippen LogP contribution in [-0.4, -0.2) is 29.0 Å². The summed E-state index contributed by atoms with van der Waals surface area (Å²) >= 11 is 0. The van der Waals surface area contributed by atoms with Gasteiger partial charge >= 0.3 is 0 Å². The lowest BCUT2D eigenvalue weighted by molar-refractivity contribution is 0.217. The van der Waals surface area contributed by atoms with Crippen LogP contribution >= 0.6 is 0 Å². The summed E-state index contributed by atoms with van der Waals surface area (Å²) in [6.07, 6.45) is 0.998. The van der Waals surface area contributed by atoms with Crippen molar-refractivity contribution in [2.45, 2.75) is 12.1 Å². The van der Waals surface area contributed by atoms with E-state index in [0.717, 1.165) is 33.7 Å². The van der Waals surface area contributed by atoms with E-state index in [9.17, 15) is 4.39 Å². The van der Waals surface area contributed by atoms with Gasteiger partial charge in [0.25, 0.3) is 0 Å². The van der Waals surface area contributed by atoms with Crippen molar-refractivity contribution in [2.24, 2.45) is 0 Å². The average molecular weight is 456 g/mol. The van der Waals surface area contributed by atoms with Gasteiger partial charge in [-0.3, -0.25) is 0 Å². The molecule has 3 aromatic carbocycles. The Bertz CT molecular complexity index is 1410. The van der Waals surface area contributed by atoms with Gasteiger partial charge in [-0.2, -0.15) is 10.1 Å². The number of nitrogens with zero attached hydrogens (tertiary/aromatic N) is 3. The van der Waals surface area contributed by atoms with E-state index in [2.05, 4.69) is 15.4 Å². The van der Waals surface area contributed by atoms with E-state index in [1.165, 1.54) is 18.5 Å². The smallest absolute Gasteiger partial charge is 0.226 e. The maximum absolute atomic E-state index is 13.8. The first-order chi connectivity index (χ1) is 16.7. The van der Waals surface area contributed by atoms with Crippen LogP contribution in [0.5, 0.6) is 17.2 Å². The number of benzene rings is 3. The van der Waals surface area contributed by atoms with Gasteiger partial charge in [0.1, 0.15) is 35.4 Å². The highest BCUT2D eigenvalue weighted by Gasteiger charge is 2.41. The molecule has 3 heterocycles. The fraction of sp³-hybridized carbons (Fsp3) is 0.154. The number of anilines is 1. The number of halogens is 1. The fourth-order valence-electron chi connectivity index (χ4n) is 4.68. The molecule has 7 nitrogen and oxygen atoms in total. The molecule has 1 N–H and O–H groups in total. The summed E-state index contributed by atoms with van der Waals surface area (Å²) in [6, 6.07) is 19.6. The highest BCUT2D eigenvalue weighted by Crippen LogP contribution is 2.52. The third kappa shape index (κ3) is 3.10. The Labute approximate surface area is 195 Å². The van der Waals surface area contributed by atoms with Crippen LogP contribution in [0.15, 0.2) is 78.6 Å². The molecule has 6 rings (SSSR count). The second kappa shape index (κ2) is 7.91. The summed E-state index contributed by atoms with van der Waals surface area (Å²) < 4.78 is 33.4. The van der Waals surface area contributed by atoms with Crippen LogP contribution in [0.4, 0.5) is 10.3 Å². The molecule has 1 aromatic heterocycles. The quantitative estimate of drug-likeness (QED) is 0.466. The Kier molecular flexibility index (Phi) is 4.72. The number of aromatic nitrogens is 3. The molecule has 4 aromatic rings. The lowest BCUT2D eigenvalue weighted by Crippen LogP contribution is -2.32. The normalized spacial score (nSPS) is 18.2. The molecule has 0 aliphatic carbocycles. The van der Waals surface area contributed by atoms with E-state index in [0.29, 0.717) is 17.4 Å². The van der Waals surface area contributed by atoms with Crippen molar-refractivity contribution >= 4 is 11.6 Å². The van der Waals surface area contributed by atoms with Gasteiger partial charge in [-0.15, -0.1) is 0 Å². The molecular weight excluding hydrogens is 435 g/mol. The molecule has 2 aliphatic rings. The van der Waals surface area contributed by atoms with E-state index < -0.39 is 6.10 Å². The molecule has 2 atom stereocenters. The minimum atomic E-state index is -0.509. The van der Waals surface area contributed by atoms with Crippen molar-refractivity contribution in [2.75, 3.05) is 19.5 Å². The highest BCUT2D eigenvalue weighted by molar-refractivity contribution is 5.85. The van der Waals surface area contributed by atoms with Crippen LogP contribution in [0.1, 0.15) is 28.8 Å². The average Bonchev–Trinajstić information content (AvgIpc) is 3.35. The van der Waals surface area contributed by atoms with E-state index in [1.54, 1.807) is 31.0 Å². The third-order valence-electron chi connectivity index (χ3n) is 6.23. The number of nitrogens with one attached hydrogen (secondary N) is 1. The summed E-state index contributed by atoms with van der Waals surface area (Å²) in [5.41, 5.74) is 4.43. The molecule has 0 saturated heterocycles. The van der Waals surface area contributed by atoms with Crippen LogP contribution in [0.25, 0.3) is 5.70 Å². The number of ether oxygens (including phenoxy) is 3. The predicted octanol–water partition coefficient (Wildman–Crippen LogP) is 4.99. The zero-order valence-electron chi connectivity index (χ0n) is 18.5. The number of hydrogen-bond donors (Lipinski definition) is 1. The molecule has 0 saturated carbocycles. The van der Waals surface area contributed by atoms with E-state index in [4.69, 9.17) is 14.2 Å². The number of rotatable bonds is 4.